The quantitative estimate of drug-likeness (QED) is 0.394. The Kier molecular flexibility index (Phi) is 5.58. The molecule has 136 valence electrons. The van der Waals surface area contributed by atoms with Gasteiger partial charge in [-0.3, -0.25) is 14.9 Å². The third-order valence-electron chi connectivity index (χ3n) is 3.50. The van der Waals surface area contributed by atoms with E-state index in [1.807, 2.05) is 0 Å². The topological polar surface area (TPSA) is 111 Å². The molecule has 0 atom stereocenters. The molecule has 0 saturated carbocycles. The molecule has 8 nitrogen and oxygen atoms in total. The number of hydrogen-bond donors (Lipinski definition) is 1. The average molecular weight is 385 g/mol. The molecule has 0 aliphatic carbocycles. The van der Waals surface area contributed by atoms with Crippen LogP contribution in [0, 0.1) is 10.1 Å². The minimum atomic E-state index is -0.484. The SMILES string of the molecule is O=C(C=Cc1ccc([N+](=O)[O-])cc1)NCc1nc(-c2cccc(Cl)c2)no1. The van der Waals surface area contributed by atoms with Crippen LogP contribution in [0.15, 0.2) is 59.1 Å². The van der Waals surface area contributed by atoms with E-state index in [9.17, 15) is 14.9 Å². The zero-order chi connectivity index (χ0) is 19.2. The summed E-state index contributed by atoms with van der Waals surface area (Å²) in [6.07, 6.45) is 2.86. The molecule has 1 heterocycles. The second kappa shape index (κ2) is 8.24. The van der Waals surface area contributed by atoms with Crippen molar-refractivity contribution in [2.75, 3.05) is 0 Å². The molecule has 0 unspecified atom stereocenters. The molecule has 0 fully saturated rings. The molecule has 0 saturated heterocycles. The van der Waals surface area contributed by atoms with E-state index < -0.39 is 4.92 Å². The van der Waals surface area contributed by atoms with Gasteiger partial charge >= 0.3 is 0 Å². The van der Waals surface area contributed by atoms with Gasteiger partial charge in [0.25, 0.3) is 5.69 Å². The maximum Gasteiger partial charge on any atom is 0.269 e. The molecule has 3 rings (SSSR count). The summed E-state index contributed by atoms with van der Waals surface area (Å²) >= 11 is 5.93. The summed E-state index contributed by atoms with van der Waals surface area (Å²) in [5.41, 5.74) is 1.36. The van der Waals surface area contributed by atoms with Crippen LogP contribution < -0.4 is 5.32 Å². The molecule has 2 aromatic carbocycles. The first-order chi connectivity index (χ1) is 13.0. The highest BCUT2D eigenvalue weighted by molar-refractivity contribution is 6.30. The lowest BCUT2D eigenvalue weighted by atomic mass is 10.2. The van der Waals surface area contributed by atoms with E-state index in [0.29, 0.717) is 22.0 Å². The monoisotopic (exact) mass is 384 g/mol. The van der Waals surface area contributed by atoms with Crippen LogP contribution in [0.4, 0.5) is 5.69 Å². The normalized spacial score (nSPS) is 10.9. The maximum atomic E-state index is 11.9. The first-order valence-corrected chi connectivity index (χ1v) is 8.18. The Balaban J connectivity index is 1.55. The second-order valence-electron chi connectivity index (χ2n) is 5.42. The predicted octanol–water partition coefficient (Wildman–Crippen LogP) is 3.63. The highest BCUT2D eigenvalue weighted by Crippen LogP contribution is 2.19. The van der Waals surface area contributed by atoms with Crippen LogP contribution in [0.2, 0.25) is 5.02 Å². The summed E-state index contributed by atoms with van der Waals surface area (Å²) < 4.78 is 5.10. The zero-order valence-corrected chi connectivity index (χ0v) is 14.6. The van der Waals surface area contributed by atoms with Gasteiger partial charge in [0.05, 0.1) is 11.5 Å². The van der Waals surface area contributed by atoms with E-state index in [-0.39, 0.29) is 24.0 Å². The van der Waals surface area contributed by atoms with Gasteiger partial charge in [0, 0.05) is 28.8 Å². The molecule has 3 aromatic rings. The summed E-state index contributed by atoms with van der Waals surface area (Å²) in [6.45, 7) is 0.0665. The zero-order valence-electron chi connectivity index (χ0n) is 13.8. The molecule has 0 bridgehead atoms. The fourth-order valence-electron chi connectivity index (χ4n) is 2.17. The van der Waals surface area contributed by atoms with Gasteiger partial charge in [-0.15, -0.1) is 0 Å². The van der Waals surface area contributed by atoms with E-state index in [2.05, 4.69) is 15.5 Å². The van der Waals surface area contributed by atoms with Crippen LogP contribution in [-0.4, -0.2) is 21.0 Å². The molecular weight excluding hydrogens is 372 g/mol. The van der Waals surface area contributed by atoms with Crippen molar-refractivity contribution < 1.29 is 14.2 Å². The molecule has 0 radical (unpaired) electrons. The maximum absolute atomic E-state index is 11.9. The number of aromatic nitrogens is 2. The van der Waals surface area contributed by atoms with Crippen molar-refractivity contribution in [3.05, 3.63) is 81.2 Å². The van der Waals surface area contributed by atoms with Crippen molar-refractivity contribution in [1.82, 2.24) is 15.5 Å². The van der Waals surface area contributed by atoms with Crippen LogP contribution in [0.3, 0.4) is 0 Å². The number of benzene rings is 2. The Morgan fingerprint density at radius 2 is 2.04 bits per heavy atom. The first kappa shape index (κ1) is 18.3. The number of nitro groups is 1. The highest BCUT2D eigenvalue weighted by atomic mass is 35.5. The van der Waals surface area contributed by atoms with Crippen molar-refractivity contribution in [3.8, 4) is 11.4 Å². The van der Waals surface area contributed by atoms with Crippen molar-refractivity contribution in [1.29, 1.82) is 0 Å². The van der Waals surface area contributed by atoms with Gasteiger partial charge < -0.3 is 9.84 Å². The Morgan fingerprint density at radius 3 is 2.74 bits per heavy atom. The first-order valence-electron chi connectivity index (χ1n) is 7.80. The van der Waals surface area contributed by atoms with Crippen LogP contribution in [0.1, 0.15) is 11.5 Å². The Bertz CT molecular complexity index is 999. The number of rotatable bonds is 6. The Morgan fingerprint density at radius 1 is 1.26 bits per heavy atom. The number of carbonyl (C=O) groups is 1. The van der Waals surface area contributed by atoms with E-state index in [1.54, 1.807) is 42.5 Å². The van der Waals surface area contributed by atoms with Crippen LogP contribution in [0.25, 0.3) is 17.5 Å². The lowest BCUT2D eigenvalue weighted by molar-refractivity contribution is -0.384. The van der Waals surface area contributed by atoms with Crippen LogP contribution in [-0.2, 0) is 11.3 Å². The van der Waals surface area contributed by atoms with Gasteiger partial charge in [-0.05, 0) is 35.9 Å². The van der Waals surface area contributed by atoms with E-state index in [4.69, 9.17) is 16.1 Å². The molecule has 1 N–H and O–H groups in total. The summed E-state index contributed by atoms with van der Waals surface area (Å²) in [5.74, 6) is 0.265. The summed E-state index contributed by atoms with van der Waals surface area (Å²) in [7, 11) is 0. The molecule has 0 spiro atoms. The highest BCUT2D eigenvalue weighted by Gasteiger charge is 2.09. The smallest absolute Gasteiger partial charge is 0.269 e. The number of carbonyl (C=O) groups excluding carboxylic acids is 1. The largest absolute Gasteiger partial charge is 0.343 e. The van der Waals surface area contributed by atoms with Crippen LogP contribution in [0.5, 0.6) is 0 Å². The summed E-state index contributed by atoms with van der Waals surface area (Å²) in [4.78, 5) is 26.2. The fraction of sp³-hybridized carbons (Fsp3) is 0.0556. The van der Waals surface area contributed by atoms with E-state index >= 15 is 0 Å². The lowest BCUT2D eigenvalue weighted by Crippen LogP contribution is -2.20. The second-order valence-corrected chi connectivity index (χ2v) is 5.86. The Hall–Kier alpha value is -3.52. The molecule has 1 aromatic heterocycles. The third kappa shape index (κ3) is 4.99. The Labute approximate surface area is 158 Å². The van der Waals surface area contributed by atoms with Gasteiger partial charge in [0.1, 0.15) is 0 Å². The number of amides is 1. The minimum Gasteiger partial charge on any atom is -0.343 e. The number of nitrogens with zero attached hydrogens (tertiary/aromatic N) is 3. The summed E-state index contributed by atoms with van der Waals surface area (Å²) in [6, 6.07) is 12.9. The van der Waals surface area contributed by atoms with Gasteiger partial charge in [0.15, 0.2) is 0 Å². The number of nitro benzene ring substituents is 1. The fourth-order valence-corrected chi connectivity index (χ4v) is 2.36. The van der Waals surface area contributed by atoms with Gasteiger partial charge in [0.2, 0.25) is 17.6 Å². The third-order valence-corrected chi connectivity index (χ3v) is 3.73. The van der Waals surface area contributed by atoms with Gasteiger partial charge in [-0.2, -0.15) is 4.98 Å². The molecule has 27 heavy (non-hydrogen) atoms. The standard InChI is InChI=1S/C18H13ClN4O4/c19-14-3-1-2-13(10-14)18-21-17(27-22-18)11-20-16(24)9-6-12-4-7-15(8-5-12)23(25)26/h1-10H,11H2,(H,20,24). The molecule has 0 aliphatic rings. The molecular formula is C18H13ClN4O4. The van der Waals surface area contributed by atoms with Crippen molar-refractivity contribution >= 4 is 29.3 Å². The van der Waals surface area contributed by atoms with Crippen molar-refractivity contribution in [2.24, 2.45) is 0 Å². The van der Waals surface area contributed by atoms with Gasteiger partial charge in [-0.1, -0.05) is 28.9 Å². The van der Waals surface area contributed by atoms with Gasteiger partial charge in [-0.25, -0.2) is 0 Å². The van der Waals surface area contributed by atoms with Crippen molar-refractivity contribution in [3.63, 3.8) is 0 Å². The molecule has 0 aliphatic heterocycles. The van der Waals surface area contributed by atoms with E-state index in [1.165, 1.54) is 18.2 Å². The number of halogens is 1. The number of hydrogen-bond acceptors (Lipinski definition) is 6. The van der Waals surface area contributed by atoms with Crippen molar-refractivity contribution in [2.45, 2.75) is 6.54 Å². The molecule has 1 amide bonds. The number of nitrogens with one attached hydrogen (secondary N) is 1. The average Bonchev–Trinajstić information content (AvgIpc) is 3.14. The summed E-state index contributed by atoms with van der Waals surface area (Å²) in [5, 5.41) is 17.6. The number of non-ortho nitro benzene ring substituents is 1. The molecule has 9 heteroatoms. The minimum absolute atomic E-state index is 0.0106. The van der Waals surface area contributed by atoms with E-state index in [0.717, 1.165) is 0 Å². The lowest BCUT2D eigenvalue weighted by Gasteiger charge is -1.97. The predicted molar refractivity (Wildman–Crippen MR) is 98.7 cm³/mol. The van der Waals surface area contributed by atoms with Crippen LogP contribution >= 0.6 is 11.6 Å².